The number of nitrogens with one attached hydrogen (secondary N) is 2. The van der Waals surface area contributed by atoms with Crippen molar-refractivity contribution in [2.45, 2.75) is 39.9 Å². The SMILES string of the molecule is CCCOc1ccc(C(=O)NNC(=O)c2ccc(COC(C)C)cc2)cc1OC. The standard InChI is InChI=1S/C22H28N2O5/c1-5-12-28-19-11-10-18(13-20(19)27-4)22(26)24-23-21(25)17-8-6-16(7-9-17)14-29-15(2)3/h6-11,13,15H,5,12,14H2,1-4H3,(H,23,25)(H,24,26). The molecule has 2 N–H and O–H groups in total. The molecule has 0 aliphatic carbocycles. The first-order valence-corrected chi connectivity index (χ1v) is 9.56. The minimum Gasteiger partial charge on any atom is -0.493 e. The smallest absolute Gasteiger partial charge is 0.269 e. The van der Waals surface area contributed by atoms with Crippen LogP contribution in [0.3, 0.4) is 0 Å². The molecule has 0 fully saturated rings. The number of amides is 2. The molecule has 0 unspecified atom stereocenters. The van der Waals surface area contributed by atoms with E-state index < -0.39 is 11.8 Å². The van der Waals surface area contributed by atoms with Crippen molar-refractivity contribution < 1.29 is 23.8 Å². The van der Waals surface area contributed by atoms with E-state index >= 15 is 0 Å². The zero-order valence-electron chi connectivity index (χ0n) is 17.3. The lowest BCUT2D eigenvalue weighted by Gasteiger charge is -2.12. The van der Waals surface area contributed by atoms with Gasteiger partial charge in [0.15, 0.2) is 11.5 Å². The third-order valence-corrected chi connectivity index (χ3v) is 3.98. The van der Waals surface area contributed by atoms with E-state index in [1.807, 2.05) is 32.9 Å². The Balaban J connectivity index is 1.93. The molecule has 0 spiro atoms. The largest absolute Gasteiger partial charge is 0.493 e. The van der Waals surface area contributed by atoms with Gasteiger partial charge in [-0.15, -0.1) is 0 Å². The molecule has 2 aromatic rings. The highest BCUT2D eigenvalue weighted by atomic mass is 16.5. The number of carbonyl (C=O) groups is 2. The molecule has 0 bridgehead atoms. The number of ether oxygens (including phenoxy) is 3. The summed E-state index contributed by atoms with van der Waals surface area (Å²) in [5.41, 5.74) is 6.56. The molecule has 2 aromatic carbocycles. The van der Waals surface area contributed by atoms with Crippen molar-refractivity contribution in [3.05, 3.63) is 59.2 Å². The van der Waals surface area contributed by atoms with E-state index in [4.69, 9.17) is 14.2 Å². The van der Waals surface area contributed by atoms with Gasteiger partial charge in [0.25, 0.3) is 11.8 Å². The second kappa shape index (κ2) is 11.1. The van der Waals surface area contributed by atoms with Crippen LogP contribution in [0.15, 0.2) is 42.5 Å². The van der Waals surface area contributed by atoms with Crippen LogP contribution in [0, 0.1) is 0 Å². The Labute approximate surface area is 171 Å². The summed E-state index contributed by atoms with van der Waals surface area (Å²) < 4.78 is 16.4. The summed E-state index contributed by atoms with van der Waals surface area (Å²) in [6.07, 6.45) is 1.00. The lowest BCUT2D eigenvalue weighted by molar-refractivity contribution is 0.0656. The monoisotopic (exact) mass is 400 g/mol. The van der Waals surface area contributed by atoms with Crippen molar-refractivity contribution in [3.63, 3.8) is 0 Å². The molecular formula is C22H28N2O5. The quantitative estimate of drug-likeness (QED) is 0.630. The summed E-state index contributed by atoms with van der Waals surface area (Å²) in [7, 11) is 1.51. The molecule has 7 nitrogen and oxygen atoms in total. The first-order valence-electron chi connectivity index (χ1n) is 9.56. The normalized spacial score (nSPS) is 10.5. The maximum Gasteiger partial charge on any atom is 0.269 e. The second-order valence-electron chi connectivity index (χ2n) is 6.68. The van der Waals surface area contributed by atoms with Crippen LogP contribution < -0.4 is 20.3 Å². The summed E-state index contributed by atoms with van der Waals surface area (Å²) in [4.78, 5) is 24.6. The van der Waals surface area contributed by atoms with E-state index in [-0.39, 0.29) is 6.10 Å². The molecule has 2 amide bonds. The topological polar surface area (TPSA) is 85.9 Å². The van der Waals surface area contributed by atoms with Gasteiger partial charge in [-0.2, -0.15) is 0 Å². The van der Waals surface area contributed by atoms with E-state index in [0.29, 0.717) is 35.8 Å². The summed E-state index contributed by atoms with van der Waals surface area (Å²) in [6, 6.07) is 11.8. The number of carbonyl (C=O) groups excluding carboxylic acids is 2. The molecule has 29 heavy (non-hydrogen) atoms. The molecule has 0 saturated carbocycles. The summed E-state index contributed by atoms with van der Waals surface area (Å²) in [6.45, 7) is 6.97. The van der Waals surface area contributed by atoms with Crippen molar-refractivity contribution in [2.75, 3.05) is 13.7 Å². The van der Waals surface area contributed by atoms with Crippen molar-refractivity contribution >= 4 is 11.8 Å². The molecule has 0 heterocycles. The van der Waals surface area contributed by atoms with Gasteiger partial charge in [-0.3, -0.25) is 20.4 Å². The highest BCUT2D eigenvalue weighted by molar-refractivity contribution is 5.99. The zero-order valence-corrected chi connectivity index (χ0v) is 17.3. The first kappa shape index (κ1) is 22.2. The van der Waals surface area contributed by atoms with E-state index in [0.717, 1.165) is 12.0 Å². The highest BCUT2D eigenvalue weighted by Gasteiger charge is 2.13. The zero-order chi connectivity index (χ0) is 21.2. The summed E-state index contributed by atoms with van der Waals surface area (Å²) >= 11 is 0. The average Bonchev–Trinajstić information content (AvgIpc) is 2.74. The van der Waals surface area contributed by atoms with Crippen LogP contribution in [0.25, 0.3) is 0 Å². The van der Waals surface area contributed by atoms with Crippen LogP contribution in [-0.2, 0) is 11.3 Å². The molecule has 0 aliphatic heterocycles. The van der Waals surface area contributed by atoms with Gasteiger partial charge in [-0.25, -0.2) is 0 Å². The lowest BCUT2D eigenvalue weighted by atomic mass is 10.1. The number of benzene rings is 2. The lowest BCUT2D eigenvalue weighted by Crippen LogP contribution is -2.41. The fraction of sp³-hybridized carbons (Fsp3) is 0.364. The Morgan fingerprint density at radius 1 is 0.931 bits per heavy atom. The van der Waals surface area contributed by atoms with Crippen LogP contribution in [0.1, 0.15) is 53.5 Å². The third kappa shape index (κ3) is 6.80. The molecule has 0 aliphatic rings. The molecule has 0 atom stereocenters. The fourth-order valence-electron chi connectivity index (χ4n) is 2.41. The van der Waals surface area contributed by atoms with E-state index in [1.54, 1.807) is 30.3 Å². The minimum absolute atomic E-state index is 0.138. The van der Waals surface area contributed by atoms with Crippen LogP contribution in [0.4, 0.5) is 0 Å². The van der Waals surface area contributed by atoms with Gasteiger partial charge in [0.2, 0.25) is 0 Å². The molecule has 0 aromatic heterocycles. The average molecular weight is 400 g/mol. The first-order chi connectivity index (χ1) is 13.9. The van der Waals surface area contributed by atoms with E-state index in [2.05, 4.69) is 10.9 Å². The van der Waals surface area contributed by atoms with Crippen molar-refractivity contribution in [1.82, 2.24) is 10.9 Å². The number of methoxy groups -OCH3 is 1. The van der Waals surface area contributed by atoms with Crippen molar-refractivity contribution in [2.24, 2.45) is 0 Å². The molecule has 0 radical (unpaired) electrons. The number of hydrogen-bond acceptors (Lipinski definition) is 5. The fourth-order valence-corrected chi connectivity index (χ4v) is 2.41. The van der Waals surface area contributed by atoms with Gasteiger partial charge in [0.05, 0.1) is 26.4 Å². The van der Waals surface area contributed by atoms with E-state index in [9.17, 15) is 9.59 Å². The van der Waals surface area contributed by atoms with Gasteiger partial charge in [0, 0.05) is 11.1 Å². The second-order valence-corrected chi connectivity index (χ2v) is 6.68. The summed E-state index contributed by atoms with van der Waals surface area (Å²) in [5.74, 6) is 0.151. The number of hydrazine groups is 1. The molecule has 0 saturated heterocycles. The maximum absolute atomic E-state index is 12.3. The van der Waals surface area contributed by atoms with Gasteiger partial charge in [-0.05, 0) is 56.2 Å². The van der Waals surface area contributed by atoms with Crippen LogP contribution in [0.2, 0.25) is 0 Å². The summed E-state index contributed by atoms with van der Waals surface area (Å²) in [5, 5.41) is 0. The molecule has 156 valence electrons. The van der Waals surface area contributed by atoms with Crippen molar-refractivity contribution in [1.29, 1.82) is 0 Å². The Morgan fingerprint density at radius 2 is 1.55 bits per heavy atom. The highest BCUT2D eigenvalue weighted by Crippen LogP contribution is 2.28. The Hall–Kier alpha value is -3.06. The number of hydrogen-bond donors (Lipinski definition) is 2. The molecule has 7 heteroatoms. The molecule has 2 rings (SSSR count). The van der Waals surface area contributed by atoms with Gasteiger partial charge >= 0.3 is 0 Å². The Bertz CT molecular complexity index is 818. The minimum atomic E-state index is -0.458. The molecular weight excluding hydrogens is 372 g/mol. The Kier molecular flexibility index (Phi) is 8.48. The Morgan fingerprint density at radius 3 is 2.14 bits per heavy atom. The van der Waals surface area contributed by atoms with E-state index in [1.165, 1.54) is 7.11 Å². The van der Waals surface area contributed by atoms with Gasteiger partial charge < -0.3 is 14.2 Å². The van der Waals surface area contributed by atoms with Crippen LogP contribution in [-0.4, -0.2) is 31.6 Å². The number of rotatable bonds is 9. The third-order valence-electron chi connectivity index (χ3n) is 3.98. The van der Waals surface area contributed by atoms with Gasteiger partial charge in [-0.1, -0.05) is 19.1 Å². The predicted octanol–water partition coefficient (Wildman–Crippen LogP) is 3.48. The predicted molar refractivity (Wildman–Crippen MR) is 110 cm³/mol. The van der Waals surface area contributed by atoms with Crippen molar-refractivity contribution in [3.8, 4) is 11.5 Å². The van der Waals surface area contributed by atoms with Gasteiger partial charge in [0.1, 0.15) is 0 Å². The van der Waals surface area contributed by atoms with Crippen LogP contribution in [0.5, 0.6) is 11.5 Å². The van der Waals surface area contributed by atoms with Crippen LogP contribution >= 0.6 is 0 Å². The maximum atomic E-state index is 12.3.